The molecule has 88 valence electrons. The number of aliphatic carboxylic acids is 1. The minimum atomic E-state index is -0.911. The van der Waals surface area contributed by atoms with Crippen molar-refractivity contribution in [1.29, 1.82) is 0 Å². The molecule has 0 aliphatic heterocycles. The molecule has 0 aromatic carbocycles. The molecule has 0 saturated carbocycles. The summed E-state index contributed by atoms with van der Waals surface area (Å²) < 4.78 is 1.49. The molecule has 0 spiro atoms. The Morgan fingerprint density at radius 2 is 2.41 bits per heavy atom. The van der Waals surface area contributed by atoms with Gasteiger partial charge in [-0.15, -0.1) is 0 Å². The number of carbonyl (C=O) groups is 1. The molecule has 2 heterocycles. The van der Waals surface area contributed by atoms with Crippen molar-refractivity contribution in [2.24, 2.45) is 0 Å². The molecule has 0 aliphatic carbocycles. The minimum absolute atomic E-state index is 0.0800. The normalized spacial score (nSPS) is 10.4. The highest BCUT2D eigenvalue weighted by atomic mass is 35.5. The molecule has 0 bridgehead atoms. The summed E-state index contributed by atoms with van der Waals surface area (Å²) in [6.07, 6.45) is 4.64. The third-order valence-corrected chi connectivity index (χ3v) is 2.77. The van der Waals surface area contributed by atoms with Crippen LogP contribution in [0.25, 0.3) is 5.82 Å². The van der Waals surface area contributed by atoms with Crippen LogP contribution >= 0.6 is 23.4 Å². The summed E-state index contributed by atoms with van der Waals surface area (Å²) in [5, 5.41) is 13.4. The summed E-state index contributed by atoms with van der Waals surface area (Å²) in [7, 11) is 0. The molecule has 0 atom stereocenters. The number of nitrogens with zero attached hydrogens (tertiary/aromatic N) is 4. The molecule has 1 N–H and O–H groups in total. The lowest BCUT2D eigenvalue weighted by molar-refractivity contribution is -0.133. The average Bonchev–Trinajstić information content (AvgIpc) is 2.74. The van der Waals surface area contributed by atoms with Gasteiger partial charge >= 0.3 is 5.97 Å². The monoisotopic (exact) mass is 270 g/mol. The zero-order valence-electron chi connectivity index (χ0n) is 8.45. The maximum Gasteiger partial charge on any atom is 0.313 e. The summed E-state index contributed by atoms with van der Waals surface area (Å²) in [6.45, 7) is 0. The van der Waals surface area contributed by atoms with Crippen LogP contribution in [0.3, 0.4) is 0 Å². The Morgan fingerprint density at radius 1 is 1.59 bits per heavy atom. The second kappa shape index (κ2) is 5.15. The fourth-order valence-electron chi connectivity index (χ4n) is 1.08. The zero-order chi connectivity index (χ0) is 12.3. The van der Waals surface area contributed by atoms with E-state index in [9.17, 15) is 4.79 Å². The number of hydrogen-bond acceptors (Lipinski definition) is 5. The van der Waals surface area contributed by atoms with Gasteiger partial charge in [0.2, 0.25) is 0 Å². The van der Waals surface area contributed by atoms with E-state index >= 15 is 0 Å². The zero-order valence-corrected chi connectivity index (χ0v) is 10.0. The Kier molecular flexibility index (Phi) is 3.60. The Balaban J connectivity index is 2.19. The standard InChI is InChI=1S/C9H7ClN4O2S/c10-6-3-12-14(4-6)7-1-2-11-9(13-7)17-5-8(15)16/h1-4H,5H2,(H,15,16). The first-order valence-corrected chi connectivity index (χ1v) is 5.90. The number of halogens is 1. The molecule has 0 radical (unpaired) electrons. The van der Waals surface area contributed by atoms with Gasteiger partial charge in [-0.05, 0) is 0 Å². The molecule has 17 heavy (non-hydrogen) atoms. The molecule has 6 nitrogen and oxygen atoms in total. The quantitative estimate of drug-likeness (QED) is 0.670. The third-order valence-electron chi connectivity index (χ3n) is 1.73. The van der Waals surface area contributed by atoms with Crippen LogP contribution in [-0.4, -0.2) is 36.6 Å². The number of thioether (sulfide) groups is 1. The molecule has 0 fully saturated rings. The maximum absolute atomic E-state index is 10.4. The molecule has 0 unspecified atom stereocenters. The SMILES string of the molecule is O=C(O)CSc1nccc(-n2cc(Cl)cn2)n1. The van der Waals surface area contributed by atoms with Crippen LogP contribution < -0.4 is 0 Å². The highest BCUT2D eigenvalue weighted by Crippen LogP contribution is 2.15. The molecular weight excluding hydrogens is 264 g/mol. The van der Waals surface area contributed by atoms with Gasteiger partial charge in [0, 0.05) is 12.3 Å². The van der Waals surface area contributed by atoms with Crippen LogP contribution in [0, 0.1) is 0 Å². The van der Waals surface area contributed by atoms with E-state index in [1.165, 1.54) is 10.9 Å². The molecule has 0 aliphatic rings. The number of rotatable bonds is 4. The van der Waals surface area contributed by atoms with Gasteiger partial charge < -0.3 is 5.11 Å². The Morgan fingerprint density at radius 3 is 3.06 bits per heavy atom. The summed E-state index contributed by atoms with van der Waals surface area (Å²) in [5.74, 6) is -0.450. The van der Waals surface area contributed by atoms with Crippen molar-refractivity contribution in [1.82, 2.24) is 19.7 Å². The lowest BCUT2D eigenvalue weighted by Crippen LogP contribution is -2.02. The number of hydrogen-bond donors (Lipinski definition) is 1. The van der Waals surface area contributed by atoms with Crippen molar-refractivity contribution < 1.29 is 9.90 Å². The van der Waals surface area contributed by atoms with E-state index in [2.05, 4.69) is 15.1 Å². The van der Waals surface area contributed by atoms with Crippen molar-refractivity contribution in [2.75, 3.05) is 5.75 Å². The van der Waals surface area contributed by atoms with E-state index in [1.54, 1.807) is 18.5 Å². The fourth-order valence-corrected chi connectivity index (χ4v) is 1.76. The van der Waals surface area contributed by atoms with Gasteiger partial charge in [0.15, 0.2) is 11.0 Å². The van der Waals surface area contributed by atoms with Crippen LogP contribution in [0.4, 0.5) is 0 Å². The molecule has 8 heteroatoms. The predicted molar refractivity (Wildman–Crippen MR) is 62.5 cm³/mol. The number of carboxylic acid groups (broad SMARTS) is 1. The Bertz CT molecular complexity index is 545. The van der Waals surface area contributed by atoms with Gasteiger partial charge in [-0.2, -0.15) is 5.10 Å². The van der Waals surface area contributed by atoms with E-state index in [4.69, 9.17) is 16.7 Å². The fraction of sp³-hybridized carbons (Fsp3) is 0.111. The van der Waals surface area contributed by atoms with Crippen LogP contribution in [0.15, 0.2) is 29.8 Å². The Labute approximate surface area is 106 Å². The summed E-state index contributed by atoms with van der Waals surface area (Å²) in [4.78, 5) is 18.5. The smallest absolute Gasteiger partial charge is 0.313 e. The van der Waals surface area contributed by atoms with Crippen LogP contribution in [0.1, 0.15) is 0 Å². The van der Waals surface area contributed by atoms with Gasteiger partial charge in [-0.1, -0.05) is 23.4 Å². The third kappa shape index (κ3) is 3.18. The second-order valence-corrected chi connectivity index (χ2v) is 4.36. The molecular formula is C9H7ClN4O2S. The summed E-state index contributed by atoms with van der Waals surface area (Å²) in [5.41, 5.74) is 0. The van der Waals surface area contributed by atoms with Crippen LogP contribution in [0.5, 0.6) is 0 Å². The summed E-state index contributed by atoms with van der Waals surface area (Å²) >= 11 is 6.79. The van der Waals surface area contributed by atoms with Crippen molar-refractivity contribution in [3.8, 4) is 5.82 Å². The topological polar surface area (TPSA) is 80.9 Å². The van der Waals surface area contributed by atoms with Gasteiger partial charge in [0.1, 0.15) is 0 Å². The van der Waals surface area contributed by atoms with Gasteiger partial charge in [-0.3, -0.25) is 4.79 Å². The molecule has 2 aromatic heterocycles. The van der Waals surface area contributed by atoms with Crippen molar-refractivity contribution in [3.63, 3.8) is 0 Å². The first kappa shape index (κ1) is 11.9. The highest BCUT2D eigenvalue weighted by Gasteiger charge is 2.05. The van der Waals surface area contributed by atoms with Crippen molar-refractivity contribution >= 4 is 29.3 Å². The van der Waals surface area contributed by atoms with Crippen molar-refractivity contribution in [3.05, 3.63) is 29.7 Å². The average molecular weight is 271 g/mol. The van der Waals surface area contributed by atoms with E-state index in [0.29, 0.717) is 16.0 Å². The number of aromatic nitrogens is 4. The van der Waals surface area contributed by atoms with E-state index in [0.717, 1.165) is 11.8 Å². The van der Waals surface area contributed by atoms with E-state index in [-0.39, 0.29) is 5.75 Å². The lowest BCUT2D eigenvalue weighted by Gasteiger charge is -2.01. The molecule has 2 aromatic rings. The van der Waals surface area contributed by atoms with Crippen LogP contribution in [0.2, 0.25) is 5.02 Å². The number of carboxylic acids is 1. The van der Waals surface area contributed by atoms with E-state index in [1.807, 2.05) is 0 Å². The van der Waals surface area contributed by atoms with Gasteiger partial charge in [-0.25, -0.2) is 14.6 Å². The molecule has 2 rings (SSSR count). The second-order valence-electron chi connectivity index (χ2n) is 2.98. The van der Waals surface area contributed by atoms with Crippen LogP contribution in [-0.2, 0) is 4.79 Å². The highest BCUT2D eigenvalue weighted by molar-refractivity contribution is 7.99. The van der Waals surface area contributed by atoms with Gasteiger partial charge in [0.25, 0.3) is 0 Å². The first-order chi connectivity index (χ1) is 8.15. The molecule has 0 saturated heterocycles. The first-order valence-electron chi connectivity index (χ1n) is 4.53. The molecule has 0 amide bonds. The predicted octanol–water partition coefficient (Wildman–Crippen LogP) is 1.49. The lowest BCUT2D eigenvalue weighted by atomic mass is 10.6. The maximum atomic E-state index is 10.4. The van der Waals surface area contributed by atoms with Crippen molar-refractivity contribution in [2.45, 2.75) is 5.16 Å². The van der Waals surface area contributed by atoms with Gasteiger partial charge in [0.05, 0.1) is 23.2 Å². The minimum Gasteiger partial charge on any atom is -0.481 e. The largest absolute Gasteiger partial charge is 0.481 e. The Hall–Kier alpha value is -1.60. The summed E-state index contributed by atoms with van der Waals surface area (Å²) in [6, 6.07) is 1.66. The van der Waals surface area contributed by atoms with E-state index < -0.39 is 5.97 Å².